The Morgan fingerprint density at radius 1 is 0.511 bits per heavy atom. The minimum absolute atomic E-state index is 0.0118. The standard InChI is InChI=1S/C52H89N17O18S/c1-30(63-41(75)26-60-40(74)25-59-39(73)24-58-38(72)23-57-37(71)22-55-18-10-8-6-4-5-7-9-11-21-88)45(80)61-27-42(76)66-33(14-12-19-56-52(53)54)47(82)62-28-43(77)67-34(16-17-44(78)79)48(83)68-35(29-70)50(85)69-20-13-15-36(69)49(84)64-31(2)46(81)65-32(3)51(86)87/h30-36,55,70,88H,4-29H2,1-3H3,(H,57,71)(H,58,72)(H,59,73)(H,60,74)(H,61,80)(H,62,82)(H,63,75)(H,64,84)(H,65,81)(H,66,76)(H,67,77)(H,68,83)(H,78,79)(H,86,87)(H4,53,54,56)/t30-,31-,32-,33-,34-,35-,36-/m0/s1. The van der Waals surface area contributed by atoms with Crippen LogP contribution in [0, 0.1) is 0 Å². The Morgan fingerprint density at radius 2 is 0.989 bits per heavy atom. The van der Waals surface area contributed by atoms with Crippen molar-refractivity contribution in [3.63, 3.8) is 0 Å². The van der Waals surface area contributed by atoms with Gasteiger partial charge < -0.3 is 101 Å². The van der Waals surface area contributed by atoms with Crippen LogP contribution in [-0.2, 0) is 71.9 Å². The smallest absolute Gasteiger partial charge is 0.325 e. The van der Waals surface area contributed by atoms with Crippen molar-refractivity contribution < 1.29 is 87.2 Å². The number of unbranched alkanes of at least 4 members (excludes halogenated alkanes) is 7. The molecule has 1 aliphatic heterocycles. The van der Waals surface area contributed by atoms with Crippen molar-refractivity contribution in [2.24, 2.45) is 16.5 Å². The topological polar surface area (TPSA) is 541 Å². The molecule has 13 amide bonds. The number of hydrogen-bond acceptors (Lipinski definition) is 19. The fourth-order valence-electron chi connectivity index (χ4n) is 8.09. The highest BCUT2D eigenvalue weighted by molar-refractivity contribution is 7.80. The van der Waals surface area contributed by atoms with Crippen LogP contribution in [0.3, 0.4) is 0 Å². The minimum Gasteiger partial charge on any atom is -0.481 e. The number of carbonyl (C=O) groups excluding carboxylic acids is 13. The minimum atomic E-state index is -1.72. The van der Waals surface area contributed by atoms with Crippen LogP contribution in [0.25, 0.3) is 0 Å². The van der Waals surface area contributed by atoms with Gasteiger partial charge in [-0.3, -0.25) is 76.9 Å². The van der Waals surface area contributed by atoms with Crippen molar-refractivity contribution in [3.8, 4) is 0 Å². The number of aliphatic imine (C=N–C) groups is 1. The molecule has 496 valence electrons. The van der Waals surface area contributed by atoms with Gasteiger partial charge in [-0.15, -0.1) is 0 Å². The summed E-state index contributed by atoms with van der Waals surface area (Å²) in [5, 5.41) is 59.1. The molecule has 0 saturated carbocycles. The van der Waals surface area contributed by atoms with E-state index in [2.05, 4.69) is 86.7 Å². The van der Waals surface area contributed by atoms with Gasteiger partial charge in [0.2, 0.25) is 76.8 Å². The number of rotatable bonds is 45. The number of guanidine groups is 1. The van der Waals surface area contributed by atoms with Gasteiger partial charge in [0.05, 0.1) is 52.4 Å². The molecule has 88 heavy (non-hydrogen) atoms. The van der Waals surface area contributed by atoms with Gasteiger partial charge >= 0.3 is 11.9 Å². The maximum absolute atomic E-state index is 13.6. The van der Waals surface area contributed by atoms with E-state index in [4.69, 9.17) is 16.6 Å². The molecule has 0 unspecified atom stereocenters. The van der Waals surface area contributed by atoms with Crippen molar-refractivity contribution in [2.45, 2.75) is 153 Å². The van der Waals surface area contributed by atoms with Crippen LogP contribution < -0.4 is 80.6 Å². The first-order chi connectivity index (χ1) is 41.7. The van der Waals surface area contributed by atoms with E-state index in [0.29, 0.717) is 13.0 Å². The van der Waals surface area contributed by atoms with Crippen LogP contribution >= 0.6 is 12.6 Å². The van der Waals surface area contributed by atoms with E-state index in [1.165, 1.54) is 46.5 Å². The van der Waals surface area contributed by atoms with Crippen molar-refractivity contribution in [1.82, 2.24) is 74.0 Å². The highest BCUT2D eigenvalue weighted by Gasteiger charge is 2.39. The first-order valence-corrected chi connectivity index (χ1v) is 29.5. The molecule has 1 heterocycles. The predicted molar refractivity (Wildman–Crippen MR) is 317 cm³/mol. The number of carboxylic acids is 2. The van der Waals surface area contributed by atoms with E-state index in [9.17, 15) is 82.1 Å². The van der Waals surface area contributed by atoms with Crippen LogP contribution in [0.15, 0.2) is 4.99 Å². The zero-order valence-electron chi connectivity index (χ0n) is 49.9. The van der Waals surface area contributed by atoms with Crippen molar-refractivity contribution in [2.75, 3.05) is 77.8 Å². The Labute approximate surface area is 514 Å². The van der Waals surface area contributed by atoms with Gasteiger partial charge in [0, 0.05) is 19.5 Å². The zero-order chi connectivity index (χ0) is 66.1. The first-order valence-electron chi connectivity index (χ1n) is 28.8. The number of thiol groups is 1. The second-order valence-corrected chi connectivity index (χ2v) is 20.9. The molecule has 0 bridgehead atoms. The normalized spacial score (nSPS) is 14.5. The highest BCUT2D eigenvalue weighted by Crippen LogP contribution is 2.19. The number of amides is 13. The number of nitrogens with zero attached hydrogens (tertiary/aromatic N) is 2. The number of hydrogen-bond donors (Lipinski definition) is 19. The summed E-state index contributed by atoms with van der Waals surface area (Å²) in [6, 6.07) is -9.75. The van der Waals surface area contributed by atoms with E-state index >= 15 is 0 Å². The summed E-state index contributed by atoms with van der Waals surface area (Å²) in [7, 11) is 0. The van der Waals surface area contributed by atoms with Gasteiger partial charge in [-0.2, -0.15) is 12.6 Å². The lowest BCUT2D eigenvalue weighted by atomic mass is 10.1. The van der Waals surface area contributed by atoms with Crippen LogP contribution in [0.2, 0.25) is 0 Å². The van der Waals surface area contributed by atoms with Gasteiger partial charge in [-0.05, 0) is 78.0 Å². The molecule has 7 atom stereocenters. The van der Waals surface area contributed by atoms with Crippen LogP contribution in [0.4, 0.5) is 0 Å². The molecule has 1 aliphatic rings. The monoisotopic (exact) mass is 1270 g/mol. The summed E-state index contributed by atoms with van der Waals surface area (Å²) >= 11 is 4.21. The molecule has 0 spiro atoms. The van der Waals surface area contributed by atoms with Gasteiger partial charge in [0.15, 0.2) is 5.96 Å². The molecule has 20 N–H and O–H groups in total. The fraction of sp³-hybridized carbons (Fsp3) is 0.692. The number of aliphatic hydroxyl groups is 1. The third-order valence-corrected chi connectivity index (χ3v) is 13.3. The molecule has 0 aromatic heterocycles. The molecular weight excluding hydrogens is 1180 g/mol. The molecule has 1 fully saturated rings. The Balaban J connectivity index is 2.68. The maximum atomic E-state index is 13.6. The second kappa shape index (κ2) is 44.1. The summed E-state index contributed by atoms with van der Waals surface area (Å²) in [5.41, 5.74) is 10.8. The summed E-state index contributed by atoms with van der Waals surface area (Å²) < 4.78 is 0. The van der Waals surface area contributed by atoms with E-state index < -0.39 is 183 Å². The average molecular weight is 1270 g/mol. The molecule has 0 aromatic carbocycles. The van der Waals surface area contributed by atoms with Crippen LogP contribution in [0.1, 0.15) is 111 Å². The zero-order valence-corrected chi connectivity index (χ0v) is 50.8. The van der Waals surface area contributed by atoms with Crippen molar-refractivity contribution in [3.05, 3.63) is 0 Å². The largest absolute Gasteiger partial charge is 0.481 e. The molecular formula is C52H89N17O18S. The summed E-state index contributed by atoms with van der Waals surface area (Å²) in [4.78, 5) is 194. The number of nitrogens with one attached hydrogen (secondary N) is 13. The lowest BCUT2D eigenvalue weighted by Gasteiger charge is -2.29. The number of carbonyl (C=O) groups is 15. The van der Waals surface area contributed by atoms with Crippen LogP contribution in [-0.4, -0.2) is 235 Å². The predicted octanol–water partition coefficient (Wildman–Crippen LogP) is -7.72. The summed E-state index contributed by atoms with van der Waals surface area (Å²) in [6.07, 6.45) is 8.12. The molecule has 35 nitrogen and oxygen atoms in total. The Hall–Kier alpha value is -8.41. The quantitative estimate of drug-likeness (QED) is 0.0117. The van der Waals surface area contributed by atoms with Crippen molar-refractivity contribution in [1.29, 1.82) is 0 Å². The molecule has 1 rings (SSSR count). The van der Waals surface area contributed by atoms with Gasteiger partial charge in [-0.1, -0.05) is 38.5 Å². The Morgan fingerprint density at radius 3 is 1.51 bits per heavy atom. The number of aliphatic carboxylic acids is 2. The first kappa shape index (κ1) is 77.6. The van der Waals surface area contributed by atoms with E-state index in [0.717, 1.165) is 36.3 Å². The number of likely N-dealkylation sites (tertiary alicyclic amines) is 1. The lowest BCUT2D eigenvalue weighted by Crippen LogP contribution is -2.59. The molecule has 36 heteroatoms. The third kappa shape index (κ3) is 34.7. The SMILES string of the molecule is C[C@H](NC(=O)[C@H](C)NC(=O)[C@@H]1CCCN1C(=O)[C@H](CO)NC(=O)[C@H](CCC(=O)O)NC(=O)CNC(=O)[C@H](CCCN=C(N)N)NC(=O)CNC(=O)[C@H](C)NC(=O)CNC(=O)CNC(=O)CNC(=O)CNC(=O)CNCCCCCCCCCCS)C(=O)O. The van der Waals surface area contributed by atoms with Crippen LogP contribution in [0.5, 0.6) is 0 Å². The van der Waals surface area contributed by atoms with Crippen molar-refractivity contribution >= 4 is 107 Å². The average Bonchev–Trinajstić information content (AvgIpc) is 4.12. The Bertz CT molecular complexity index is 2420. The molecule has 1 saturated heterocycles. The molecule has 0 aromatic rings. The van der Waals surface area contributed by atoms with E-state index in [1.54, 1.807) is 0 Å². The number of nitrogens with two attached hydrogens (primary N) is 2. The van der Waals surface area contributed by atoms with Gasteiger partial charge in [-0.25, -0.2) is 0 Å². The fourth-order valence-corrected chi connectivity index (χ4v) is 8.32. The lowest BCUT2D eigenvalue weighted by molar-refractivity contribution is -0.144. The molecule has 0 radical (unpaired) electrons. The summed E-state index contributed by atoms with van der Waals surface area (Å²) in [6.45, 7) is -0.352. The Kier molecular flexibility index (Phi) is 38.9. The van der Waals surface area contributed by atoms with Gasteiger partial charge in [0.25, 0.3) is 0 Å². The maximum Gasteiger partial charge on any atom is 0.325 e. The number of carboxylic acid groups (broad SMARTS) is 2. The summed E-state index contributed by atoms with van der Waals surface area (Å²) in [5.74, 6) is -13.0. The third-order valence-electron chi connectivity index (χ3n) is 13.0. The molecule has 0 aliphatic carbocycles. The van der Waals surface area contributed by atoms with E-state index in [-0.39, 0.29) is 51.4 Å². The van der Waals surface area contributed by atoms with E-state index in [1.807, 2.05) is 0 Å². The highest BCUT2D eigenvalue weighted by atomic mass is 32.1. The number of aliphatic hydroxyl groups excluding tert-OH is 1. The van der Waals surface area contributed by atoms with Gasteiger partial charge in [0.1, 0.15) is 42.3 Å². The second-order valence-electron chi connectivity index (χ2n) is 20.4.